The number of amides is 1. The maximum Gasteiger partial charge on any atom is 0.222 e. The van der Waals surface area contributed by atoms with Gasteiger partial charge in [-0.1, -0.05) is 18.6 Å². The third-order valence-electron chi connectivity index (χ3n) is 7.19. The number of hydrogen-bond acceptors (Lipinski definition) is 4. The van der Waals surface area contributed by atoms with E-state index in [4.69, 9.17) is 9.47 Å². The zero-order valence-corrected chi connectivity index (χ0v) is 18.6. The van der Waals surface area contributed by atoms with Crippen LogP contribution in [0.25, 0.3) is 0 Å². The number of benzene rings is 1. The monoisotopic (exact) mass is 414 g/mol. The van der Waals surface area contributed by atoms with Gasteiger partial charge < -0.3 is 19.3 Å². The molecule has 2 saturated heterocycles. The molecular formula is C25H38N2O3. The standard InChI is InChI=1S/C25H38N2O3/c1-29-16-5-15-27(19-22-6-4-14-26-13-3-2-7-23(22)26)25(28)11-9-20-8-10-24-21(18-20)12-17-30-24/h8,10,18,22-23H,2-7,9,11-17,19H2,1H3. The van der Waals surface area contributed by atoms with Crippen molar-refractivity contribution in [2.75, 3.05) is 46.5 Å². The second-order valence-electron chi connectivity index (χ2n) is 9.23. The molecule has 0 aromatic heterocycles. The molecule has 5 heteroatoms. The van der Waals surface area contributed by atoms with Gasteiger partial charge in [-0.3, -0.25) is 4.79 Å². The summed E-state index contributed by atoms with van der Waals surface area (Å²) in [5.74, 6) is 1.94. The van der Waals surface area contributed by atoms with E-state index in [0.29, 0.717) is 24.3 Å². The summed E-state index contributed by atoms with van der Waals surface area (Å²) in [5.41, 5.74) is 2.54. The topological polar surface area (TPSA) is 42.0 Å². The predicted molar refractivity (Wildman–Crippen MR) is 119 cm³/mol. The molecule has 2 atom stereocenters. The summed E-state index contributed by atoms with van der Waals surface area (Å²) in [7, 11) is 1.74. The van der Waals surface area contributed by atoms with Gasteiger partial charge >= 0.3 is 0 Å². The van der Waals surface area contributed by atoms with Crippen LogP contribution in [0.1, 0.15) is 56.1 Å². The van der Waals surface area contributed by atoms with E-state index in [2.05, 4.69) is 28.0 Å². The highest BCUT2D eigenvalue weighted by Gasteiger charge is 2.34. The Kier molecular flexibility index (Phi) is 7.67. The van der Waals surface area contributed by atoms with Crippen molar-refractivity contribution in [1.29, 1.82) is 0 Å². The first kappa shape index (κ1) is 21.6. The Balaban J connectivity index is 1.36. The lowest BCUT2D eigenvalue weighted by Gasteiger charge is -2.45. The molecule has 1 amide bonds. The number of ether oxygens (including phenoxy) is 2. The van der Waals surface area contributed by atoms with Crippen molar-refractivity contribution in [3.05, 3.63) is 29.3 Å². The van der Waals surface area contributed by atoms with Crippen LogP contribution >= 0.6 is 0 Å². The number of hydrogen-bond donors (Lipinski definition) is 0. The summed E-state index contributed by atoms with van der Waals surface area (Å²) in [6.45, 7) is 5.73. The second kappa shape index (κ2) is 10.6. The predicted octanol–water partition coefficient (Wildman–Crippen LogP) is 3.68. The van der Waals surface area contributed by atoms with E-state index in [0.717, 1.165) is 51.3 Å². The molecule has 30 heavy (non-hydrogen) atoms. The van der Waals surface area contributed by atoms with Gasteiger partial charge in [0.25, 0.3) is 0 Å². The molecule has 0 saturated carbocycles. The third-order valence-corrected chi connectivity index (χ3v) is 7.19. The van der Waals surface area contributed by atoms with Crippen molar-refractivity contribution >= 4 is 5.91 Å². The van der Waals surface area contributed by atoms with Gasteiger partial charge in [-0.15, -0.1) is 0 Å². The maximum absolute atomic E-state index is 13.2. The van der Waals surface area contributed by atoms with Crippen LogP contribution in [0.3, 0.4) is 0 Å². The van der Waals surface area contributed by atoms with E-state index < -0.39 is 0 Å². The molecule has 4 rings (SSSR count). The van der Waals surface area contributed by atoms with E-state index in [9.17, 15) is 4.79 Å². The summed E-state index contributed by atoms with van der Waals surface area (Å²) in [4.78, 5) is 18.1. The minimum atomic E-state index is 0.302. The van der Waals surface area contributed by atoms with Crippen molar-refractivity contribution in [3.8, 4) is 5.75 Å². The Hall–Kier alpha value is -1.59. The Labute approximate surface area is 181 Å². The minimum absolute atomic E-state index is 0.302. The van der Waals surface area contributed by atoms with Crippen molar-refractivity contribution in [1.82, 2.24) is 9.80 Å². The molecule has 0 spiro atoms. The summed E-state index contributed by atoms with van der Waals surface area (Å²) in [6.07, 6.45) is 9.84. The average Bonchev–Trinajstić information content (AvgIpc) is 3.25. The lowest BCUT2D eigenvalue weighted by molar-refractivity contribution is -0.132. The number of rotatable bonds is 9. The smallest absolute Gasteiger partial charge is 0.222 e. The van der Waals surface area contributed by atoms with Gasteiger partial charge in [0, 0.05) is 45.7 Å². The zero-order valence-electron chi connectivity index (χ0n) is 18.6. The van der Waals surface area contributed by atoms with Crippen molar-refractivity contribution in [3.63, 3.8) is 0 Å². The van der Waals surface area contributed by atoms with Crippen molar-refractivity contribution < 1.29 is 14.3 Å². The van der Waals surface area contributed by atoms with Gasteiger partial charge in [0.15, 0.2) is 0 Å². The highest BCUT2D eigenvalue weighted by atomic mass is 16.5. The molecule has 0 radical (unpaired) electrons. The van der Waals surface area contributed by atoms with Crippen molar-refractivity contribution in [2.24, 2.45) is 5.92 Å². The highest BCUT2D eigenvalue weighted by Crippen LogP contribution is 2.32. The summed E-state index contributed by atoms with van der Waals surface area (Å²) < 4.78 is 10.9. The summed E-state index contributed by atoms with van der Waals surface area (Å²) >= 11 is 0. The Morgan fingerprint density at radius 1 is 1.23 bits per heavy atom. The molecule has 0 N–H and O–H groups in total. The molecule has 3 heterocycles. The number of carbonyl (C=O) groups excluding carboxylic acids is 1. The number of fused-ring (bicyclic) bond motifs is 2. The van der Waals surface area contributed by atoms with Gasteiger partial charge in [0.05, 0.1) is 6.61 Å². The van der Waals surface area contributed by atoms with Gasteiger partial charge in [-0.05, 0) is 74.7 Å². The molecule has 166 valence electrons. The van der Waals surface area contributed by atoms with Crippen LogP contribution in [0.2, 0.25) is 0 Å². The fraction of sp³-hybridized carbons (Fsp3) is 0.720. The fourth-order valence-electron chi connectivity index (χ4n) is 5.60. The molecule has 5 nitrogen and oxygen atoms in total. The third kappa shape index (κ3) is 5.36. The Morgan fingerprint density at radius 2 is 2.13 bits per heavy atom. The van der Waals surface area contributed by atoms with Crippen LogP contribution in [0, 0.1) is 5.92 Å². The maximum atomic E-state index is 13.2. The fourth-order valence-corrected chi connectivity index (χ4v) is 5.60. The number of methoxy groups -OCH3 is 1. The molecule has 1 aromatic rings. The van der Waals surface area contributed by atoms with Crippen LogP contribution < -0.4 is 4.74 Å². The second-order valence-corrected chi connectivity index (χ2v) is 9.23. The van der Waals surface area contributed by atoms with E-state index in [1.807, 2.05) is 0 Å². The van der Waals surface area contributed by atoms with Gasteiger partial charge in [0.1, 0.15) is 5.75 Å². The number of carbonyl (C=O) groups is 1. The first-order valence-corrected chi connectivity index (χ1v) is 12.0. The minimum Gasteiger partial charge on any atom is -0.493 e. The number of nitrogens with zero attached hydrogens (tertiary/aromatic N) is 2. The lowest BCUT2D eigenvalue weighted by Crippen LogP contribution is -2.51. The van der Waals surface area contributed by atoms with Crippen LogP contribution in [-0.4, -0.2) is 68.3 Å². The largest absolute Gasteiger partial charge is 0.493 e. The van der Waals surface area contributed by atoms with Crippen molar-refractivity contribution in [2.45, 2.75) is 63.8 Å². The van der Waals surface area contributed by atoms with E-state index in [1.165, 1.54) is 56.3 Å². The highest BCUT2D eigenvalue weighted by molar-refractivity contribution is 5.76. The molecule has 0 bridgehead atoms. The molecule has 1 aromatic carbocycles. The lowest BCUT2D eigenvalue weighted by atomic mass is 9.83. The number of piperidine rings is 2. The SMILES string of the molecule is COCCCN(CC1CCCN2CCCCC12)C(=O)CCc1ccc2c(c1)CCO2. The van der Waals surface area contributed by atoms with Crippen LogP contribution in [0.4, 0.5) is 0 Å². The van der Waals surface area contributed by atoms with Crippen LogP contribution in [0.15, 0.2) is 18.2 Å². The number of aryl methyl sites for hydroxylation is 1. The molecule has 2 unspecified atom stereocenters. The summed E-state index contributed by atoms with van der Waals surface area (Å²) in [5, 5.41) is 0. The normalized spacial score (nSPS) is 23.5. The van der Waals surface area contributed by atoms with Gasteiger partial charge in [-0.25, -0.2) is 0 Å². The molecule has 3 aliphatic heterocycles. The molecule has 3 aliphatic rings. The Bertz CT molecular complexity index is 706. The quantitative estimate of drug-likeness (QED) is 0.578. The summed E-state index contributed by atoms with van der Waals surface area (Å²) in [6, 6.07) is 7.10. The average molecular weight is 415 g/mol. The molecule has 2 fully saturated rings. The van der Waals surface area contributed by atoms with E-state index in [-0.39, 0.29) is 0 Å². The van der Waals surface area contributed by atoms with Gasteiger partial charge in [0.2, 0.25) is 5.91 Å². The van der Waals surface area contributed by atoms with Crippen LogP contribution in [0.5, 0.6) is 5.75 Å². The first-order chi connectivity index (χ1) is 14.7. The zero-order chi connectivity index (χ0) is 20.8. The van der Waals surface area contributed by atoms with Crippen LogP contribution in [-0.2, 0) is 22.4 Å². The molecule has 0 aliphatic carbocycles. The Morgan fingerprint density at radius 3 is 3.03 bits per heavy atom. The first-order valence-electron chi connectivity index (χ1n) is 12.0. The molecular weight excluding hydrogens is 376 g/mol. The van der Waals surface area contributed by atoms with E-state index >= 15 is 0 Å². The van der Waals surface area contributed by atoms with Gasteiger partial charge in [-0.2, -0.15) is 0 Å². The van der Waals surface area contributed by atoms with E-state index in [1.54, 1.807) is 7.11 Å².